The summed E-state index contributed by atoms with van der Waals surface area (Å²) in [7, 11) is 0. The van der Waals surface area contributed by atoms with Crippen LogP contribution in [0.25, 0.3) is 0 Å². The van der Waals surface area contributed by atoms with Crippen LogP contribution in [-0.4, -0.2) is 35.1 Å². The number of benzene rings is 1. The van der Waals surface area contributed by atoms with Crippen molar-refractivity contribution in [1.82, 2.24) is 4.90 Å². The zero-order chi connectivity index (χ0) is 13.8. The number of hydrogen-bond acceptors (Lipinski definition) is 2. The Hall–Kier alpha value is -2.04. The number of carbonyl (C=O) groups excluding carboxylic acids is 1. The quantitative estimate of drug-likeness (QED) is 0.879. The first kappa shape index (κ1) is 13.4. The van der Waals surface area contributed by atoms with Gasteiger partial charge in [0.2, 0.25) is 0 Å². The van der Waals surface area contributed by atoms with Gasteiger partial charge in [-0.05, 0) is 36.6 Å². The van der Waals surface area contributed by atoms with Gasteiger partial charge in [0.05, 0.1) is 5.56 Å². The Kier molecular flexibility index (Phi) is 4.04. The Balaban J connectivity index is 1.94. The van der Waals surface area contributed by atoms with Gasteiger partial charge in [-0.15, -0.1) is 0 Å². The molecular weight excluding hydrogens is 244 g/mol. The van der Waals surface area contributed by atoms with Crippen molar-refractivity contribution in [2.75, 3.05) is 18.4 Å². The smallest absolute Gasteiger partial charge is 0.335 e. The molecule has 0 bridgehead atoms. The van der Waals surface area contributed by atoms with E-state index in [0.29, 0.717) is 11.6 Å². The molecule has 2 N–H and O–H groups in total. The van der Waals surface area contributed by atoms with Gasteiger partial charge in [0.1, 0.15) is 0 Å². The molecule has 1 fully saturated rings. The Morgan fingerprint density at radius 3 is 2.58 bits per heavy atom. The summed E-state index contributed by atoms with van der Waals surface area (Å²) in [5.41, 5.74) is 0.833. The minimum Gasteiger partial charge on any atom is -0.478 e. The summed E-state index contributed by atoms with van der Waals surface area (Å²) in [6.07, 6.45) is 2.15. The molecule has 0 spiro atoms. The second kappa shape index (κ2) is 5.73. The molecule has 19 heavy (non-hydrogen) atoms. The third-order valence-electron chi connectivity index (χ3n) is 3.53. The zero-order valence-corrected chi connectivity index (χ0v) is 10.9. The second-order valence-corrected chi connectivity index (χ2v) is 4.82. The van der Waals surface area contributed by atoms with E-state index in [9.17, 15) is 9.59 Å². The number of amides is 2. The van der Waals surface area contributed by atoms with Crippen LogP contribution >= 0.6 is 0 Å². The number of carboxylic acids is 1. The molecule has 0 aromatic heterocycles. The van der Waals surface area contributed by atoms with Gasteiger partial charge in [-0.3, -0.25) is 0 Å². The zero-order valence-electron chi connectivity index (χ0n) is 10.9. The third kappa shape index (κ3) is 3.24. The van der Waals surface area contributed by atoms with E-state index >= 15 is 0 Å². The molecular formula is C14H18N2O3. The predicted molar refractivity (Wildman–Crippen MR) is 72.4 cm³/mol. The maximum absolute atomic E-state index is 12.0. The fraction of sp³-hybridized carbons (Fsp3) is 0.429. The highest BCUT2D eigenvalue weighted by molar-refractivity contribution is 5.91. The fourth-order valence-corrected chi connectivity index (χ4v) is 2.25. The number of urea groups is 1. The summed E-state index contributed by atoms with van der Waals surface area (Å²) in [5, 5.41) is 11.6. The summed E-state index contributed by atoms with van der Waals surface area (Å²) in [6, 6.07) is 6.07. The standard InChI is InChI=1S/C14H18N2O3/c1-2-10-7-8-16(9-10)14(19)15-12-5-3-11(4-6-12)13(17)18/h3-6,10H,2,7-9H2,1H3,(H,15,19)(H,17,18). The predicted octanol–water partition coefficient (Wildman–Crippen LogP) is 2.65. The molecule has 1 aliphatic heterocycles. The van der Waals surface area contributed by atoms with Crippen molar-refractivity contribution in [3.05, 3.63) is 29.8 Å². The lowest BCUT2D eigenvalue weighted by Gasteiger charge is -2.17. The average molecular weight is 262 g/mol. The monoisotopic (exact) mass is 262 g/mol. The van der Waals surface area contributed by atoms with Crippen molar-refractivity contribution in [2.24, 2.45) is 5.92 Å². The van der Waals surface area contributed by atoms with Gasteiger partial charge in [0.25, 0.3) is 0 Å². The average Bonchev–Trinajstić information content (AvgIpc) is 2.88. The van der Waals surface area contributed by atoms with Crippen molar-refractivity contribution < 1.29 is 14.7 Å². The Morgan fingerprint density at radius 1 is 1.37 bits per heavy atom. The van der Waals surface area contributed by atoms with E-state index < -0.39 is 5.97 Å². The highest BCUT2D eigenvalue weighted by Crippen LogP contribution is 2.20. The first-order valence-electron chi connectivity index (χ1n) is 6.49. The molecule has 5 heteroatoms. The van der Waals surface area contributed by atoms with E-state index in [1.54, 1.807) is 17.0 Å². The SMILES string of the molecule is CCC1CCN(C(=O)Nc2ccc(C(=O)O)cc2)C1. The van der Waals surface area contributed by atoms with Crippen LogP contribution in [-0.2, 0) is 0 Å². The Morgan fingerprint density at radius 2 is 2.05 bits per heavy atom. The van der Waals surface area contributed by atoms with Gasteiger partial charge in [-0.1, -0.05) is 13.3 Å². The normalized spacial score (nSPS) is 18.4. The summed E-state index contributed by atoms with van der Waals surface area (Å²) in [4.78, 5) is 24.5. The summed E-state index contributed by atoms with van der Waals surface area (Å²) >= 11 is 0. The molecule has 1 saturated heterocycles. The van der Waals surface area contributed by atoms with Gasteiger partial charge >= 0.3 is 12.0 Å². The van der Waals surface area contributed by atoms with E-state index in [0.717, 1.165) is 25.9 Å². The van der Waals surface area contributed by atoms with E-state index in [1.165, 1.54) is 12.1 Å². The number of rotatable bonds is 3. The molecule has 1 atom stereocenters. The number of likely N-dealkylation sites (tertiary alicyclic amines) is 1. The lowest BCUT2D eigenvalue weighted by Crippen LogP contribution is -2.32. The van der Waals surface area contributed by atoms with Gasteiger partial charge in [0.15, 0.2) is 0 Å². The molecule has 1 aromatic rings. The molecule has 5 nitrogen and oxygen atoms in total. The minimum atomic E-state index is -0.969. The molecule has 2 amide bonds. The molecule has 0 radical (unpaired) electrons. The van der Waals surface area contributed by atoms with Crippen LogP contribution in [0.15, 0.2) is 24.3 Å². The van der Waals surface area contributed by atoms with Crippen LogP contribution in [0.3, 0.4) is 0 Å². The molecule has 1 aliphatic rings. The van der Waals surface area contributed by atoms with Gasteiger partial charge in [-0.2, -0.15) is 0 Å². The van der Waals surface area contributed by atoms with Crippen LogP contribution < -0.4 is 5.32 Å². The van der Waals surface area contributed by atoms with Gasteiger partial charge < -0.3 is 15.3 Å². The van der Waals surface area contributed by atoms with E-state index in [1.807, 2.05) is 0 Å². The molecule has 1 heterocycles. The number of nitrogens with one attached hydrogen (secondary N) is 1. The number of carboxylic acid groups (broad SMARTS) is 1. The van der Waals surface area contributed by atoms with Crippen LogP contribution in [0.5, 0.6) is 0 Å². The summed E-state index contributed by atoms with van der Waals surface area (Å²) in [5.74, 6) is -0.372. The van der Waals surface area contributed by atoms with Crippen LogP contribution in [0, 0.1) is 5.92 Å². The first-order chi connectivity index (χ1) is 9.10. The highest BCUT2D eigenvalue weighted by Gasteiger charge is 2.24. The summed E-state index contributed by atoms with van der Waals surface area (Å²) in [6.45, 7) is 3.73. The van der Waals surface area contributed by atoms with E-state index in [2.05, 4.69) is 12.2 Å². The fourth-order valence-electron chi connectivity index (χ4n) is 2.25. The molecule has 2 rings (SSSR count). The molecule has 0 saturated carbocycles. The minimum absolute atomic E-state index is 0.112. The van der Waals surface area contributed by atoms with Crippen LogP contribution in [0.1, 0.15) is 30.1 Å². The van der Waals surface area contributed by atoms with Crippen molar-refractivity contribution in [3.8, 4) is 0 Å². The largest absolute Gasteiger partial charge is 0.478 e. The number of anilines is 1. The van der Waals surface area contributed by atoms with E-state index in [-0.39, 0.29) is 11.6 Å². The van der Waals surface area contributed by atoms with Crippen molar-refractivity contribution in [1.29, 1.82) is 0 Å². The molecule has 1 unspecified atom stereocenters. The molecule has 1 aromatic carbocycles. The van der Waals surface area contributed by atoms with Gasteiger partial charge in [-0.25, -0.2) is 9.59 Å². The second-order valence-electron chi connectivity index (χ2n) is 4.82. The molecule has 0 aliphatic carbocycles. The maximum Gasteiger partial charge on any atom is 0.335 e. The number of carbonyl (C=O) groups is 2. The molecule has 102 valence electrons. The van der Waals surface area contributed by atoms with Gasteiger partial charge in [0, 0.05) is 18.8 Å². The van der Waals surface area contributed by atoms with Crippen molar-refractivity contribution >= 4 is 17.7 Å². The first-order valence-corrected chi connectivity index (χ1v) is 6.49. The Labute approximate surface area is 112 Å². The lowest BCUT2D eigenvalue weighted by atomic mass is 10.1. The van der Waals surface area contributed by atoms with Crippen molar-refractivity contribution in [2.45, 2.75) is 19.8 Å². The van der Waals surface area contributed by atoms with Crippen LogP contribution in [0.2, 0.25) is 0 Å². The maximum atomic E-state index is 12.0. The number of aromatic carboxylic acids is 1. The Bertz CT molecular complexity index is 470. The highest BCUT2D eigenvalue weighted by atomic mass is 16.4. The van der Waals surface area contributed by atoms with Crippen molar-refractivity contribution in [3.63, 3.8) is 0 Å². The lowest BCUT2D eigenvalue weighted by molar-refractivity contribution is 0.0697. The topological polar surface area (TPSA) is 69.6 Å². The number of nitrogens with zero attached hydrogens (tertiary/aromatic N) is 1. The number of hydrogen-bond donors (Lipinski definition) is 2. The third-order valence-corrected chi connectivity index (χ3v) is 3.53. The van der Waals surface area contributed by atoms with Crippen LogP contribution in [0.4, 0.5) is 10.5 Å². The summed E-state index contributed by atoms with van der Waals surface area (Å²) < 4.78 is 0. The van der Waals surface area contributed by atoms with E-state index in [4.69, 9.17) is 5.11 Å².